The summed E-state index contributed by atoms with van der Waals surface area (Å²) in [7, 11) is -3.62. The SMILES string of the molecule is CCN(CC)C1CC(S(=O)(=O)NC(COCc2ccccc2)c2nnc3c(OCc4ccccc4)cccn23)C1. The number of pyridine rings is 1. The molecule has 1 aliphatic rings. The molecule has 0 amide bonds. The van der Waals surface area contributed by atoms with Crippen LogP contribution in [-0.2, 0) is 28.0 Å². The van der Waals surface area contributed by atoms with E-state index in [9.17, 15) is 8.42 Å². The molecule has 1 saturated carbocycles. The highest BCUT2D eigenvalue weighted by Crippen LogP contribution is 2.32. The summed E-state index contributed by atoms with van der Waals surface area (Å²) in [6.07, 6.45) is 3.05. The molecule has 0 radical (unpaired) electrons. The maximum absolute atomic E-state index is 13.5. The lowest BCUT2D eigenvalue weighted by Crippen LogP contribution is -2.53. The minimum atomic E-state index is -3.62. The molecule has 10 heteroatoms. The van der Waals surface area contributed by atoms with Gasteiger partial charge in [0, 0.05) is 12.2 Å². The largest absolute Gasteiger partial charge is 0.485 e. The van der Waals surface area contributed by atoms with Gasteiger partial charge in [-0.15, -0.1) is 10.2 Å². The van der Waals surface area contributed by atoms with Crippen molar-refractivity contribution in [1.29, 1.82) is 0 Å². The van der Waals surface area contributed by atoms with Gasteiger partial charge in [-0.05, 0) is 49.2 Å². The van der Waals surface area contributed by atoms with Crippen LogP contribution in [0.3, 0.4) is 0 Å². The smallest absolute Gasteiger partial charge is 0.215 e. The second-order valence-electron chi connectivity index (χ2n) is 10.1. The van der Waals surface area contributed by atoms with Gasteiger partial charge in [-0.25, -0.2) is 13.1 Å². The number of hydrogen-bond donors (Lipinski definition) is 1. The quantitative estimate of drug-likeness (QED) is 0.243. The lowest BCUT2D eigenvalue weighted by Gasteiger charge is -2.42. The number of fused-ring (bicyclic) bond motifs is 1. The molecule has 212 valence electrons. The molecule has 2 aromatic carbocycles. The van der Waals surface area contributed by atoms with Gasteiger partial charge in [-0.1, -0.05) is 74.5 Å². The molecule has 9 nitrogen and oxygen atoms in total. The van der Waals surface area contributed by atoms with Crippen LogP contribution >= 0.6 is 0 Å². The van der Waals surface area contributed by atoms with Gasteiger partial charge in [-0.2, -0.15) is 0 Å². The van der Waals surface area contributed by atoms with Crippen molar-refractivity contribution in [3.63, 3.8) is 0 Å². The van der Waals surface area contributed by atoms with E-state index in [1.807, 2.05) is 79.0 Å². The van der Waals surface area contributed by atoms with Crippen molar-refractivity contribution in [2.45, 2.75) is 57.2 Å². The Morgan fingerprint density at radius 3 is 2.23 bits per heavy atom. The highest BCUT2D eigenvalue weighted by Gasteiger charge is 2.42. The summed E-state index contributed by atoms with van der Waals surface area (Å²) in [6, 6.07) is 22.9. The first-order valence-corrected chi connectivity index (χ1v) is 15.4. The first-order valence-electron chi connectivity index (χ1n) is 13.9. The monoisotopic (exact) mass is 563 g/mol. The molecule has 4 aromatic rings. The molecular formula is C30H37N5O4S. The fraction of sp³-hybridized carbons (Fsp3) is 0.400. The molecule has 1 aliphatic carbocycles. The van der Waals surface area contributed by atoms with Gasteiger partial charge in [0.25, 0.3) is 0 Å². The van der Waals surface area contributed by atoms with Gasteiger partial charge in [0.15, 0.2) is 11.6 Å². The fourth-order valence-electron chi connectivity index (χ4n) is 5.15. The second-order valence-corrected chi connectivity index (χ2v) is 12.1. The van der Waals surface area contributed by atoms with Crippen LogP contribution in [0.4, 0.5) is 0 Å². The molecule has 1 N–H and O–H groups in total. The van der Waals surface area contributed by atoms with Crippen molar-refractivity contribution in [2.75, 3.05) is 19.7 Å². The van der Waals surface area contributed by atoms with Gasteiger partial charge in [0.2, 0.25) is 15.7 Å². The van der Waals surface area contributed by atoms with Crippen LogP contribution in [0.25, 0.3) is 5.65 Å². The standard InChI is InChI=1S/C30H37N5O4S/c1-3-34(4-2)25-18-26(19-25)40(36,37)33-27(22-38-20-23-12-7-5-8-13-23)29-31-32-30-28(16-11-17-35(29)30)39-21-24-14-9-6-10-15-24/h5-17,25-27,33H,3-4,18-22H2,1-2H3. The van der Waals surface area contributed by atoms with Crippen molar-refractivity contribution < 1.29 is 17.9 Å². The molecule has 5 rings (SSSR count). The highest BCUT2D eigenvalue weighted by atomic mass is 32.2. The molecule has 0 aliphatic heterocycles. The average Bonchev–Trinajstić information content (AvgIpc) is 3.39. The number of benzene rings is 2. The Kier molecular flexibility index (Phi) is 9.11. The van der Waals surface area contributed by atoms with Gasteiger partial charge >= 0.3 is 0 Å². The third kappa shape index (κ3) is 6.52. The van der Waals surface area contributed by atoms with Gasteiger partial charge in [0.05, 0.1) is 18.5 Å². The van der Waals surface area contributed by atoms with Crippen LogP contribution in [0.1, 0.15) is 49.7 Å². The van der Waals surface area contributed by atoms with E-state index in [0.717, 1.165) is 24.2 Å². The summed E-state index contributed by atoms with van der Waals surface area (Å²) in [5.74, 6) is 1.02. The summed E-state index contributed by atoms with van der Waals surface area (Å²) < 4.78 is 43.7. The Hall–Kier alpha value is -3.31. The zero-order valence-electron chi connectivity index (χ0n) is 23.0. The van der Waals surface area contributed by atoms with Crippen molar-refractivity contribution in [3.05, 3.63) is 95.9 Å². The van der Waals surface area contributed by atoms with Crippen LogP contribution in [0, 0.1) is 0 Å². The zero-order valence-corrected chi connectivity index (χ0v) is 23.8. The first kappa shape index (κ1) is 28.2. The number of nitrogens with zero attached hydrogens (tertiary/aromatic N) is 4. The predicted molar refractivity (Wildman–Crippen MR) is 154 cm³/mol. The normalized spacial score (nSPS) is 18.1. The van der Waals surface area contributed by atoms with Crippen LogP contribution < -0.4 is 9.46 Å². The van der Waals surface area contributed by atoms with Gasteiger partial charge < -0.3 is 14.4 Å². The summed E-state index contributed by atoms with van der Waals surface area (Å²) in [4.78, 5) is 2.31. The molecule has 40 heavy (non-hydrogen) atoms. The number of hydrogen-bond acceptors (Lipinski definition) is 7. The summed E-state index contributed by atoms with van der Waals surface area (Å²) in [5, 5.41) is 8.34. The van der Waals surface area contributed by atoms with Gasteiger partial charge in [-0.3, -0.25) is 4.40 Å². The Bertz CT molecular complexity index is 1470. The third-order valence-corrected chi connectivity index (χ3v) is 9.39. The van der Waals surface area contributed by atoms with E-state index < -0.39 is 21.3 Å². The van der Waals surface area contributed by atoms with Gasteiger partial charge in [0.1, 0.15) is 12.6 Å². The van der Waals surface area contributed by atoms with E-state index in [-0.39, 0.29) is 6.61 Å². The first-order chi connectivity index (χ1) is 19.5. The summed E-state index contributed by atoms with van der Waals surface area (Å²) in [6.45, 7) is 6.89. The van der Waals surface area contributed by atoms with E-state index in [2.05, 4.69) is 33.7 Å². The molecule has 1 unspecified atom stereocenters. The summed E-state index contributed by atoms with van der Waals surface area (Å²) >= 11 is 0. The maximum Gasteiger partial charge on any atom is 0.215 e. The number of aromatic nitrogens is 3. The average molecular weight is 564 g/mol. The molecule has 2 heterocycles. The second kappa shape index (κ2) is 12.9. The Balaban J connectivity index is 1.35. The molecule has 0 bridgehead atoms. The highest BCUT2D eigenvalue weighted by molar-refractivity contribution is 7.90. The Morgan fingerprint density at radius 2 is 1.57 bits per heavy atom. The molecule has 1 fully saturated rings. The number of nitrogens with one attached hydrogen (secondary N) is 1. The van der Waals surface area contributed by atoms with Crippen molar-refractivity contribution >= 4 is 15.7 Å². The number of rotatable bonds is 14. The van der Waals surface area contributed by atoms with Crippen LogP contribution in [0.2, 0.25) is 0 Å². The maximum atomic E-state index is 13.5. The lowest BCUT2D eigenvalue weighted by molar-refractivity contribution is 0.101. The van der Waals surface area contributed by atoms with Crippen LogP contribution in [-0.4, -0.2) is 58.9 Å². The molecule has 0 spiro atoms. The number of ether oxygens (including phenoxy) is 2. The summed E-state index contributed by atoms with van der Waals surface area (Å²) in [5.41, 5.74) is 2.56. The van der Waals surface area contributed by atoms with E-state index in [1.54, 1.807) is 4.40 Å². The zero-order chi connectivity index (χ0) is 28.0. The van der Waals surface area contributed by atoms with Crippen LogP contribution in [0.5, 0.6) is 5.75 Å². The topological polar surface area (TPSA) is 98.1 Å². The van der Waals surface area contributed by atoms with Crippen molar-refractivity contribution in [3.8, 4) is 5.75 Å². The minimum absolute atomic E-state index is 0.107. The molecular weight excluding hydrogens is 526 g/mol. The lowest BCUT2D eigenvalue weighted by atomic mass is 9.91. The Morgan fingerprint density at radius 1 is 0.925 bits per heavy atom. The van der Waals surface area contributed by atoms with Crippen molar-refractivity contribution in [1.82, 2.24) is 24.2 Å². The minimum Gasteiger partial charge on any atom is -0.485 e. The van der Waals surface area contributed by atoms with Crippen molar-refractivity contribution in [2.24, 2.45) is 0 Å². The van der Waals surface area contributed by atoms with E-state index in [1.165, 1.54) is 0 Å². The van der Waals surface area contributed by atoms with Crippen LogP contribution in [0.15, 0.2) is 79.0 Å². The van der Waals surface area contributed by atoms with E-state index >= 15 is 0 Å². The van der Waals surface area contributed by atoms with E-state index in [4.69, 9.17) is 9.47 Å². The molecule has 2 aromatic heterocycles. The molecule has 1 atom stereocenters. The fourth-order valence-corrected chi connectivity index (χ4v) is 6.86. The molecule has 0 saturated heterocycles. The van der Waals surface area contributed by atoms with E-state index in [0.29, 0.717) is 49.3 Å². The Labute approximate surface area is 236 Å². The number of sulfonamides is 1. The predicted octanol–water partition coefficient (Wildman–Crippen LogP) is 4.36. The third-order valence-electron chi connectivity index (χ3n) is 7.51.